The van der Waals surface area contributed by atoms with Crippen molar-refractivity contribution in [2.75, 3.05) is 13.1 Å². The van der Waals surface area contributed by atoms with Gasteiger partial charge in [-0.1, -0.05) is 20.8 Å². The van der Waals surface area contributed by atoms with E-state index in [4.69, 9.17) is 5.11 Å². The molecule has 4 N–H and O–H groups in total. The molecular weight excluding hydrogens is 286 g/mol. The Morgan fingerprint density at radius 2 is 1.55 bits per heavy atom. The highest BCUT2D eigenvalue weighted by Gasteiger charge is 2.26. The molecule has 3 amide bonds. The van der Waals surface area contributed by atoms with E-state index >= 15 is 0 Å². The maximum absolute atomic E-state index is 11.7. The fourth-order valence-electron chi connectivity index (χ4n) is 2.34. The molecule has 0 aromatic rings. The first-order valence-electron chi connectivity index (χ1n) is 7.75. The summed E-state index contributed by atoms with van der Waals surface area (Å²) in [6.07, 6.45) is 2.57. The third kappa shape index (κ3) is 6.32. The number of nitrogens with one attached hydrogen (secondary N) is 3. The second kappa shape index (κ2) is 8.00. The van der Waals surface area contributed by atoms with Crippen molar-refractivity contribution in [3.63, 3.8) is 0 Å². The molecule has 7 nitrogen and oxygen atoms in total. The van der Waals surface area contributed by atoms with Gasteiger partial charge in [0.1, 0.15) is 0 Å². The Morgan fingerprint density at radius 1 is 1.00 bits per heavy atom. The summed E-state index contributed by atoms with van der Waals surface area (Å²) >= 11 is 0. The van der Waals surface area contributed by atoms with Crippen LogP contribution < -0.4 is 16.0 Å². The second-order valence-electron chi connectivity index (χ2n) is 6.79. The van der Waals surface area contributed by atoms with E-state index in [1.807, 2.05) is 20.8 Å². The summed E-state index contributed by atoms with van der Waals surface area (Å²) < 4.78 is 0. The Kier molecular flexibility index (Phi) is 6.64. The van der Waals surface area contributed by atoms with Crippen LogP contribution in [0.4, 0.5) is 4.79 Å². The van der Waals surface area contributed by atoms with Gasteiger partial charge in [0.15, 0.2) is 0 Å². The number of carbonyl (C=O) groups is 3. The van der Waals surface area contributed by atoms with Crippen molar-refractivity contribution in [3.8, 4) is 0 Å². The van der Waals surface area contributed by atoms with Gasteiger partial charge in [-0.2, -0.15) is 0 Å². The Hall–Kier alpha value is -1.79. The standard InChI is InChI=1S/C15H27N3O4/c1-15(2,3)13(21)16-8-9-17-14(22)18-11-6-4-10(5-7-11)12(19)20/h10-11H,4-9H2,1-3H3,(H,16,21)(H,19,20)(H2,17,18,22). The van der Waals surface area contributed by atoms with Gasteiger partial charge in [0, 0.05) is 24.5 Å². The Bertz CT molecular complexity index is 410. The number of aliphatic carboxylic acids is 1. The zero-order valence-electron chi connectivity index (χ0n) is 13.6. The van der Waals surface area contributed by atoms with Crippen LogP contribution in [0.5, 0.6) is 0 Å². The SMILES string of the molecule is CC(C)(C)C(=O)NCCNC(=O)NC1CCC(C(=O)O)CC1. The summed E-state index contributed by atoms with van der Waals surface area (Å²) in [5.74, 6) is -1.09. The second-order valence-corrected chi connectivity index (χ2v) is 6.79. The van der Waals surface area contributed by atoms with Crippen LogP contribution >= 0.6 is 0 Å². The highest BCUT2D eigenvalue weighted by atomic mass is 16.4. The number of carboxylic acids is 1. The average Bonchev–Trinajstić information content (AvgIpc) is 2.42. The number of rotatable bonds is 5. The predicted molar refractivity (Wildman–Crippen MR) is 82.4 cm³/mol. The number of hydrogen-bond donors (Lipinski definition) is 4. The van der Waals surface area contributed by atoms with E-state index in [1.54, 1.807) is 0 Å². The average molecular weight is 313 g/mol. The predicted octanol–water partition coefficient (Wildman–Crippen LogP) is 1.09. The molecule has 0 spiro atoms. The molecule has 1 aliphatic rings. The highest BCUT2D eigenvalue weighted by molar-refractivity contribution is 5.81. The summed E-state index contributed by atoms with van der Waals surface area (Å²) in [5, 5.41) is 17.2. The number of carboxylic acid groups (broad SMARTS) is 1. The van der Waals surface area contributed by atoms with Crippen LogP contribution in [0.15, 0.2) is 0 Å². The number of urea groups is 1. The van der Waals surface area contributed by atoms with Gasteiger partial charge in [-0.3, -0.25) is 9.59 Å². The zero-order valence-corrected chi connectivity index (χ0v) is 13.6. The van der Waals surface area contributed by atoms with Crippen LogP contribution in [0.3, 0.4) is 0 Å². The molecule has 7 heteroatoms. The lowest BCUT2D eigenvalue weighted by Gasteiger charge is -2.26. The van der Waals surface area contributed by atoms with Crippen molar-refractivity contribution in [3.05, 3.63) is 0 Å². The van der Waals surface area contributed by atoms with Crippen LogP contribution in [0, 0.1) is 11.3 Å². The van der Waals surface area contributed by atoms with Gasteiger partial charge in [0.2, 0.25) is 5.91 Å². The molecule has 0 heterocycles. The van der Waals surface area contributed by atoms with Crippen LogP contribution in [0.25, 0.3) is 0 Å². The quantitative estimate of drug-likeness (QED) is 0.570. The van der Waals surface area contributed by atoms with Gasteiger partial charge in [-0.05, 0) is 25.7 Å². The minimum atomic E-state index is -0.752. The lowest BCUT2D eigenvalue weighted by molar-refractivity contribution is -0.142. The third-order valence-electron chi connectivity index (χ3n) is 3.79. The first-order valence-corrected chi connectivity index (χ1v) is 7.75. The highest BCUT2D eigenvalue weighted by Crippen LogP contribution is 2.24. The molecule has 1 fully saturated rings. The van der Waals surface area contributed by atoms with E-state index in [9.17, 15) is 14.4 Å². The summed E-state index contributed by atoms with van der Waals surface area (Å²) in [4.78, 5) is 34.2. The van der Waals surface area contributed by atoms with Crippen LogP contribution in [-0.4, -0.2) is 42.1 Å². The minimum Gasteiger partial charge on any atom is -0.481 e. The third-order valence-corrected chi connectivity index (χ3v) is 3.79. The summed E-state index contributed by atoms with van der Waals surface area (Å²) in [7, 11) is 0. The van der Waals surface area contributed by atoms with E-state index in [0.29, 0.717) is 38.8 Å². The molecule has 0 aliphatic heterocycles. The lowest BCUT2D eigenvalue weighted by atomic mass is 9.86. The van der Waals surface area contributed by atoms with Crippen LogP contribution in [-0.2, 0) is 9.59 Å². The molecule has 0 aromatic carbocycles. The van der Waals surface area contributed by atoms with Gasteiger partial charge in [0.05, 0.1) is 5.92 Å². The molecule has 0 aromatic heterocycles. The van der Waals surface area contributed by atoms with Crippen molar-refractivity contribution >= 4 is 17.9 Å². The van der Waals surface area contributed by atoms with Gasteiger partial charge in [-0.15, -0.1) is 0 Å². The molecule has 22 heavy (non-hydrogen) atoms. The maximum atomic E-state index is 11.7. The molecule has 0 radical (unpaired) electrons. The maximum Gasteiger partial charge on any atom is 0.315 e. The van der Waals surface area contributed by atoms with E-state index in [2.05, 4.69) is 16.0 Å². The van der Waals surface area contributed by atoms with Crippen LogP contribution in [0.2, 0.25) is 0 Å². The van der Waals surface area contributed by atoms with E-state index in [0.717, 1.165) is 0 Å². The molecule has 1 rings (SSSR count). The monoisotopic (exact) mass is 313 g/mol. The van der Waals surface area contributed by atoms with Crippen molar-refractivity contribution in [2.45, 2.75) is 52.5 Å². The molecular formula is C15H27N3O4. The van der Waals surface area contributed by atoms with Crippen molar-refractivity contribution in [2.24, 2.45) is 11.3 Å². The Morgan fingerprint density at radius 3 is 2.05 bits per heavy atom. The fraction of sp³-hybridized carbons (Fsp3) is 0.800. The van der Waals surface area contributed by atoms with Crippen molar-refractivity contribution in [1.29, 1.82) is 0 Å². The minimum absolute atomic E-state index is 0.0276. The molecule has 0 bridgehead atoms. The topological polar surface area (TPSA) is 108 Å². The Labute approximate surface area is 131 Å². The fourth-order valence-corrected chi connectivity index (χ4v) is 2.34. The van der Waals surface area contributed by atoms with Gasteiger partial charge in [0.25, 0.3) is 0 Å². The lowest BCUT2D eigenvalue weighted by Crippen LogP contribution is -2.46. The normalized spacial score (nSPS) is 21.8. The summed E-state index contributed by atoms with van der Waals surface area (Å²) in [5.41, 5.74) is -0.439. The van der Waals surface area contributed by atoms with Crippen LogP contribution in [0.1, 0.15) is 46.5 Å². The summed E-state index contributed by atoms with van der Waals surface area (Å²) in [6, 6.07) is -0.247. The molecule has 1 saturated carbocycles. The molecule has 0 saturated heterocycles. The molecule has 1 aliphatic carbocycles. The first-order chi connectivity index (χ1) is 10.2. The van der Waals surface area contributed by atoms with Gasteiger partial charge in [-0.25, -0.2) is 4.79 Å². The van der Waals surface area contributed by atoms with Crippen molar-refractivity contribution in [1.82, 2.24) is 16.0 Å². The zero-order chi connectivity index (χ0) is 16.8. The smallest absolute Gasteiger partial charge is 0.315 e. The summed E-state index contributed by atoms with van der Waals surface area (Å²) in [6.45, 7) is 6.23. The van der Waals surface area contributed by atoms with Crippen molar-refractivity contribution < 1.29 is 19.5 Å². The van der Waals surface area contributed by atoms with E-state index in [1.165, 1.54) is 0 Å². The first kappa shape index (κ1) is 18.3. The molecule has 0 unspecified atom stereocenters. The molecule has 0 atom stereocenters. The number of hydrogen-bond acceptors (Lipinski definition) is 3. The Balaban J connectivity index is 2.14. The number of amides is 3. The van der Waals surface area contributed by atoms with Gasteiger partial charge >= 0.3 is 12.0 Å². The van der Waals surface area contributed by atoms with E-state index in [-0.39, 0.29) is 23.9 Å². The van der Waals surface area contributed by atoms with E-state index < -0.39 is 11.4 Å². The largest absolute Gasteiger partial charge is 0.481 e. The van der Waals surface area contributed by atoms with Gasteiger partial charge < -0.3 is 21.1 Å². The molecule has 126 valence electrons. The number of carbonyl (C=O) groups excluding carboxylic acids is 2.